The van der Waals surface area contributed by atoms with Gasteiger partial charge in [0.15, 0.2) is 0 Å². The van der Waals surface area contributed by atoms with Crippen molar-refractivity contribution < 1.29 is 13.6 Å². The van der Waals surface area contributed by atoms with E-state index in [1.165, 1.54) is 6.07 Å². The number of halogens is 2. The van der Waals surface area contributed by atoms with Crippen LogP contribution in [0.5, 0.6) is 0 Å². The van der Waals surface area contributed by atoms with Gasteiger partial charge in [0.05, 0.1) is 11.7 Å². The van der Waals surface area contributed by atoms with Crippen molar-refractivity contribution in [3.8, 4) is 0 Å². The molecular formula is C22H21F2N3O. The molecule has 1 aliphatic heterocycles. The van der Waals surface area contributed by atoms with Gasteiger partial charge in [-0.05, 0) is 42.7 Å². The van der Waals surface area contributed by atoms with E-state index in [4.69, 9.17) is 0 Å². The van der Waals surface area contributed by atoms with Gasteiger partial charge in [0.25, 0.3) is 0 Å². The number of hydrogen-bond acceptors (Lipinski definition) is 1. The van der Waals surface area contributed by atoms with E-state index in [-0.39, 0.29) is 17.8 Å². The Kier molecular flexibility index (Phi) is 5.10. The van der Waals surface area contributed by atoms with Gasteiger partial charge in [0, 0.05) is 31.0 Å². The molecule has 0 saturated carbocycles. The Balaban J connectivity index is 1.63. The van der Waals surface area contributed by atoms with Crippen LogP contribution in [-0.2, 0) is 13.0 Å². The van der Waals surface area contributed by atoms with Crippen molar-refractivity contribution in [2.45, 2.75) is 25.4 Å². The highest BCUT2D eigenvalue weighted by molar-refractivity contribution is 5.89. The number of rotatable bonds is 3. The minimum atomic E-state index is -0.786. The maximum Gasteiger partial charge on any atom is 0.322 e. The van der Waals surface area contributed by atoms with E-state index < -0.39 is 11.6 Å². The average molecular weight is 381 g/mol. The number of nitrogens with one attached hydrogen (secondary N) is 1. The monoisotopic (exact) mass is 381 g/mol. The summed E-state index contributed by atoms with van der Waals surface area (Å²) in [5.74, 6) is -1.46. The molecule has 0 aliphatic carbocycles. The van der Waals surface area contributed by atoms with E-state index in [1.54, 1.807) is 4.90 Å². The summed E-state index contributed by atoms with van der Waals surface area (Å²) in [5, 5.41) is 2.61. The van der Waals surface area contributed by atoms with Crippen molar-refractivity contribution >= 4 is 11.7 Å². The molecule has 0 spiro atoms. The average Bonchev–Trinajstić information content (AvgIpc) is 3.08. The van der Waals surface area contributed by atoms with Crippen LogP contribution in [0.1, 0.15) is 23.7 Å². The molecule has 4 nitrogen and oxygen atoms in total. The Labute approximate surface area is 162 Å². The first-order chi connectivity index (χ1) is 13.6. The molecule has 28 heavy (non-hydrogen) atoms. The molecule has 1 aliphatic rings. The molecule has 1 atom stereocenters. The fourth-order valence-electron chi connectivity index (χ4n) is 3.73. The molecule has 6 heteroatoms. The third-order valence-electron chi connectivity index (χ3n) is 5.09. The number of fused-ring (bicyclic) bond motifs is 1. The molecule has 1 unspecified atom stereocenters. The Morgan fingerprint density at radius 1 is 1.04 bits per heavy atom. The van der Waals surface area contributed by atoms with Crippen LogP contribution in [0.25, 0.3) is 0 Å². The lowest BCUT2D eigenvalue weighted by Gasteiger charge is -2.30. The van der Waals surface area contributed by atoms with E-state index in [0.717, 1.165) is 36.4 Å². The number of aromatic nitrogens is 1. The summed E-state index contributed by atoms with van der Waals surface area (Å²) < 4.78 is 29.3. The summed E-state index contributed by atoms with van der Waals surface area (Å²) in [5.41, 5.74) is 2.15. The predicted octanol–water partition coefficient (Wildman–Crippen LogP) is 4.99. The Hall–Kier alpha value is -3.15. The van der Waals surface area contributed by atoms with Gasteiger partial charge in [-0.25, -0.2) is 13.6 Å². The molecule has 2 aromatic carbocycles. The number of urea groups is 1. The van der Waals surface area contributed by atoms with Crippen LogP contribution >= 0.6 is 0 Å². The number of aryl methyl sites for hydroxylation is 1. The SMILES string of the molecule is O=C(Nc1ccc(F)cc1F)N1CCCn2cccc2C1Cc1ccccc1. The maximum atomic E-state index is 14.0. The van der Waals surface area contributed by atoms with E-state index in [9.17, 15) is 13.6 Å². The van der Waals surface area contributed by atoms with Gasteiger partial charge in [-0.1, -0.05) is 30.3 Å². The van der Waals surface area contributed by atoms with E-state index in [1.807, 2.05) is 48.7 Å². The summed E-state index contributed by atoms with van der Waals surface area (Å²) in [6.45, 7) is 1.37. The fraction of sp³-hybridized carbons (Fsp3) is 0.227. The number of carbonyl (C=O) groups is 1. The molecule has 144 valence electrons. The van der Waals surface area contributed by atoms with Gasteiger partial charge >= 0.3 is 6.03 Å². The van der Waals surface area contributed by atoms with Crippen LogP contribution in [0.4, 0.5) is 19.3 Å². The van der Waals surface area contributed by atoms with Crippen molar-refractivity contribution in [1.82, 2.24) is 9.47 Å². The standard InChI is InChI=1S/C22H21F2N3O/c23-17-9-10-19(18(24)15-17)25-22(28)27-13-5-12-26-11-4-8-20(26)21(27)14-16-6-2-1-3-7-16/h1-4,6-11,15,21H,5,12-14H2,(H,25,28). The molecular weight excluding hydrogens is 360 g/mol. The lowest BCUT2D eigenvalue weighted by Crippen LogP contribution is -2.39. The summed E-state index contributed by atoms with van der Waals surface area (Å²) in [6, 6.07) is 16.6. The maximum absolute atomic E-state index is 14.0. The van der Waals surface area contributed by atoms with Crippen LogP contribution in [0.3, 0.4) is 0 Å². The molecule has 1 N–H and O–H groups in total. The van der Waals surface area contributed by atoms with E-state index in [0.29, 0.717) is 13.0 Å². The first-order valence-corrected chi connectivity index (χ1v) is 9.33. The zero-order valence-corrected chi connectivity index (χ0v) is 15.3. The van der Waals surface area contributed by atoms with Gasteiger partial charge in [0.2, 0.25) is 0 Å². The summed E-state index contributed by atoms with van der Waals surface area (Å²) in [4.78, 5) is 14.8. The number of amides is 2. The predicted molar refractivity (Wildman–Crippen MR) is 104 cm³/mol. The number of hydrogen-bond donors (Lipinski definition) is 1. The lowest BCUT2D eigenvalue weighted by atomic mass is 10.0. The molecule has 2 heterocycles. The van der Waals surface area contributed by atoms with Crippen LogP contribution in [0.2, 0.25) is 0 Å². The molecule has 1 aromatic heterocycles. The Morgan fingerprint density at radius 3 is 2.64 bits per heavy atom. The quantitative estimate of drug-likeness (QED) is 0.682. The third kappa shape index (κ3) is 3.76. The second-order valence-electron chi connectivity index (χ2n) is 6.93. The molecule has 0 bridgehead atoms. The second-order valence-corrected chi connectivity index (χ2v) is 6.93. The normalized spacial score (nSPS) is 16.4. The van der Waals surface area contributed by atoms with Crippen LogP contribution in [0.15, 0.2) is 66.9 Å². The molecule has 3 aromatic rings. The van der Waals surface area contributed by atoms with Crippen molar-refractivity contribution in [1.29, 1.82) is 0 Å². The topological polar surface area (TPSA) is 37.3 Å². The van der Waals surface area contributed by atoms with Crippen molar-refractivity contribution in [2.24, 2.45) is 0 Å². The van der Waals surface area contributed by atoms with E-state index >= 15 is 0 Å². The zero-order valence-electron chi connectivity index (χ0n) is 15.3. The first-order valence-electron chi connectivity index (χ1n) is 9.33. The van der Waals surface area contributed by atoms with E-state index in [2.05, 4.69) is 9.88 Å². The first kappa shape index (κ1) is 18.2. The highest BCUT2D eigenvalue weighted by Gasteiger charge is 2.30. The lowest BCUT2D eigenvalue weighted by molar-refractivity contribution is 0.188. The van der Waals surface area contributed by atoms with Crippen LogP contribution in [-0.4, -0.2) is 22.0 Å². The number of nitrogens with zero attached hydrogens (tertiary/aromatic N) is 2. The molecule has 0 radical (unpaired) electrons. The fourth-order valence-corrected chi connectivity index (χ4v) is 3.73. The summed E-state index contributed by atoms with van der Waals surface area (Å²) in [7, 11) is 0. The van der Waals surface area contributed by atoms with Crippen molar-refractivity contribution in [3.63, 3.8) is 0 Å². The Bertz CT molecular complexity index is 971. The van der Waals surface area contributed by atoms with Gasteiger partial charge < -0.3 is 14.8 Å². The van der Waals surface area contributed by atoms with Crippen LogP contribution in [0, 0.1) is 11.6 Å². The minimum absolute atomic E-state index is 0.0236. The van der Waals surface area contributed by atoms with Gasteiger partial charge in [-0.15, -0.1) is 0 Å². The van der Waals surface area contributed by atoms with Crippen molar-refractivity contribution in [2.75, 3.05) is 11.9 Å². The second kappa shape index (κ2) is 7.84. The van der Waals surface area contributed by atoms with Gasteiger partial charge in [-0.3, -0.25) is 0 Å². The molecule has 2 amide bonds. The van der Waals surface area contributed by atoms with Crippen LogP contribution < -0.4 is 5.32 Å². The number of benzene rings is 2. The summed E-state index contributed by atoms with van der Waals surface area (Å²) >= 11 is 0. The zero-order chi connectivity index (χ0) is 19.5. The minimum Gasteiger partial charge on any atom is -0.350 e. The molecule has 0 fully saturated rings. The third-order valence-corrected chi connectivity index (χ3v) is 5.09. The molecule has 4 rings (SSSR count). The van der Waals surface area contributed by atoms with Gasteiger partial charge in [-0.2, -0.15) is 0 Å². The highest BCUT2D eigenvalue weighted by atomic mass is 19.1. The molecule has 0 saturated heterocycles. The number of carbonyl (C=O) groups excluding carboxylic acids is 1. The van der Waals surface area contributed by atoms with Gasteiger partial charge in [0.1, 0.15) is 11.6 Å². The highest BCUT2D eigenvalue weighted by Crippen LogP contribution is 2.30. The Morgan fingerprint density at radius 2 is 1.86 bits per heavy atom. The smallest absolute Gasteiger partial charge is 0.322 e. The largest absolute Gasteiger partial charge is 0.350 e. The van der Waals surface area contributed by atoms with Crippen molar-refractivity contribution in [3.05, 3.63) is 89.8 Å². The summed E-state index contributed by atoms with van der Waals surface area (Å²) in [6.07, 6.45) is 3.48. The number of anilines is 1.